The van der Waals surface area contributed by atoms with E-state index in [1.165, 1.54) is 12.1 Å². The Morgan fingerprint density at radius 1 is 1.29 bits per heavy atom. The van der Waals surface area contributed by atoms with Gasteiger partial charge in [0, 0.05) is 38.2 Å². The average Bonchev–Trinajstić information content (AvgIpc) is 3.10. The minimum atomic E-state index is -0.311. The summed E-state index contributed by atoms with van der Waals surface area (Å²) in [6, 6.07) is 6.46. The molecule has 0 bridgehead atoms. The molecule has 2 aliphatic heterocycles. The molecule has 0 saturated carbocycles. The maximum absolute atomic E-state index is 13.2. The van der Waals surface area contributed by atoms with Gasteiger partial charge in [0.05, 0.1) is 26.2 Å². The smallest absolute Gasteiger partial charge is 0.224 e. The topological polar surface area (TPSA) is 50.8 Å². The Balaban J connectivity index is 1.55. The van der Waals surface area contributed by atoms with Gasteiger partial charge in [0.25, 0.3) is 0 Å². The van der Waals surface area contributed by atoms with Crippen LogP contribution < -0.4 is 5.32 Å². The second-order valence-electron chi connectivity index (χ2n) is 6.45. The van der Waals surface area contributed by atoms with Crippen molar-refractivity contribution in [1.82, 2.24) is 10.2 Å². The molecule has 0 aromatic heterocycles. The number of hydrogen-bond acceptors (Lipinski definition) is 4. The van der Waals surface area contributed by atoms with Crippen LogP contribution in [0.4, 0.5) is 4.39 Å². The van der Waals surface area contributed by atoms with Crippen LogP contribution in [0.5, 0.6) is 0 Å². The molecular formula is C18H25FN2O3. The van der Waals surface area contributed by atoms with Gasteiger partial charge >= 0.3 is 0 Å². The van der Waals surface area contributed by atoms with Crippen molar-refractivity contribution < 1.29 is 18.7 Å². The fourth-order valence-electron chi connectivity index (χ4n) is 3.47. The number of benzene rings is 1. The van der Waals surface area contributed by atoms with E-state index in [4.69, 9.17) is 9.47 Å². The van der Waals surface area contributed by atoms with Crippen molar-refractivity contribution in [3.05, 3.63) is 35.6 Å². The first-order chi connectivity index (χ1) is 11.7. The summed E-state index contributed by atoms with van der Waals surface area (Å²) in [6.07, 6.45) is 1.23. The molecule has 132 valence electrons. The first-order valence-electron chi connectivity index (χ1n) is 8.63. The summed E-state index contributed by atoms with van der Waals surface area (Å²) in [5.74, 6) is 0.0601. The zero-order chi connectivity index (χ0) is 16.8. The average molecular weight is 336 g/mol. The van der Waals surface area contributed by atoms with Gasteiger partial charge in [-0.3, -0.25) is 9.69 Å². The van der Waals surface area contributed by atoms with Gasteiger partial charge in [0.1, 0.15) is 5.82 Å². The molecular weight excluding hydrogens is 311 g/mol. The van der Waals surface area contributed by atoms with Crippen LogP contribution >= 0.6 is 0 Å². The largest absolute Gasteiger partial charge is 0.381 e. The summed E-state index contributed by atoms with van der Waals surface area (Å²) in [4.78, 5) is 14.6. The summed E-state index contributed by atoms with van der Waals surface area (Å²) in [5, 5.41) is 3.03. The molecule has 2 fully saturated rings. The van der Waals surface area contributed by atoms with Crippen LogP contribution in [0.3, 0.4) is 0 Å². The van der Waals surface area contributed by atoms with E-state index in [-0.39, 0.29) is 24.2 Å². The van der Waals surface area contributed by atoms with Gasteiger partial charge in [0.15, 0.2) is 0 Å². The molecule has 1 aromatic carbocycles. The van der Waals surface area contributed by atoms with E-state index in [1.807, 2.05) is 0 Å². The SMILES string of the molecule is O=C(Cc1cccc(F)c1)NC[C@@H]([C@H]1CCOC1)N1CCOCC1. The molecule has 0 unspecified atom stereocenters. The van der Waals surface area contributed by atoms with Gasteiger partial charge in [0.2, 0.25) is 5.91 Å². The third-order valence-electron chi connectivity index (χ3n) is 4.79. The van der Waals surface area contributed by atoms with Crippen LogP contribution in [0, 0.1) is 11.7 Å². The first kappa shape index (κ1) is 17.3. The molecule has 3 rings (SSSR count). The van der Waals surface area contributed by atoms with Crippen molar-refractivity contribution in [2.45, 2.75) is 18.9 Å². The summed E-state index contributed by atoms with van der Waals surface area (Å²) < 4.78 is 24.2. The maximum Gasteiger partial charge on any atom is 0.224 e. The molecule has 0 aliphatic carbocycles. The van der Waals surface area contributed by atoms with Crippen LogP contribution in [-0.2, 0) is 20.7 Å². The van der Waals surface area contributed by atoms with Crippen LogP contribution in [0.15, 0.2) is 24.3 Å². The molecule has 0 radical (unpaired) electrons. The van der Waals surface area contributed by atoms with Crippen molar-refractivity contribution in [3.8, 4) is 0 Å². The predicted molar refractivity (Wildman–Crippen MR) is 88.2 cm³/mol. The lowest BCUT2D eigenvalue weighted by Crippen LogP contribution is -2.52. The number of halogens is 1. The van der Waals surface area contributed by atoms with Crippen LogP contribution in [0.2, 0.25) is 0 Å². The van der Waals surface area contributed by atoms with E-state index >= 15 is 0 Å². The second kappa shape index (κ2) is 8.55. The molecule has 1 N–H and O–H groups in total. The normalized spacial score (nSPS) is 23.1. The molecule has 1 amide bonds. The van der Waals surface area contributed by atoms with Gasteiger partial charge in [-0.25, -0.2) is 4.39 Å². The van der Waals surface area contributed by atoms with Crippen molar-refractivity contribution in [2.75, 3.05) is 46.1 Å². The Kier molecular flexibility index (Phi) is 6.18. The molecule has 24 heavy (non-hydrogen) atoms. The van der Waals surface area contributed by atoms with Gasteiger partial charge in [-0.1, -0.05) is 12.1 Å². The van der Waals surface area contributed by atoms with E-state index in [9.17, 15) is 9.18 Å². The third kappa shape index (κ3) is 4.75. The van der Waals surface area contributed by atoms with Crippen molar-refractivity contribution in [1.29, 1.82) is 0 Å². The van der Waals surface area contributed by atoms with Crippen molar-refractivity contribution >= 4 is 5.91 Å². The number of carbonyl (C=O) groups is 1. The van der Waals surface area contributed by atoms with Crippen LogP contribution in [-0.4, -0.2) is 62.9 Å². The Morgan fingerprint density at radius 3 is 2.83 bits per heavy atom. The summed E-state index contributed by atoms with van der Waals surface area (Å²) in [5.41, 5.74) is 0.694. The molecule has 6 heteroatoms. The van der Waals surface area contributed by atoms with E-state index in [0.717, 1.165) is 45.9 Å². The highest BCUT2D eigenvalue weighted by Crippen LogP contribution is 2.21. The molecule has 1 aromatic rings. The lowest BCUT2D eigenvalue weighted by atomic mass is 9.96. The number of hydrogen-bond donors (Lipinski definition) is 1. The Labute approximate surface area is 142 Å². The highest BCUT2D eigenvalue weighted by Gasteiger charge is 2.31. The summed E-state index contributed by atoms with van der Waals surface area (Å²) in [6.45, 7) is 5.40. The van der Waals surface area contributed by atoms with Crippen LogP contribution in [0.25, 0.3) is 0 Å². The standard InChI is InChI=1S/C18H25FN2O3/c19-16-3-1-2-14(10-16)11-18(22)20-12-17(15-4-7-24-13-15)21-5-8-23-9-6-21/h1-3,10,15,17H,4-9,11-13H2,(H,20,22)/t15-,17-/m0/s1. The van der Waals surface area contributed by atoms with E-state index in [0.29, 0.717) is 18.0 Å². The summed E-state index contributed by atoms with van der Waals surface area (Å²) in [7, 11) is 0. The molecule has 0 spiro atoms. The number of morpholine rings is 1. The fraction of sp³-hybridized carbons (Fsp3) is 0.611. The van der Waals surface area contributed by atoms with E-state index < -0.39 is 0 Å². The van der Waals surface area contributed by atoms with Gasteiger partial charge in [-0.15, -0.1) is 0 Å². The third-order valence-corrected chi connectivity index (χ3v) is 4.79. The van der Waals surface area contributed by atoms with Crippen LogP contribution in [0.1, 0.15) is 12.0 Å². The predicted octanol–water partition coefficient (Wildman–Crippen LogP) is 1.22. The number of ether oxygens (including phenoxy) is 2. The molecule has 2 saturated heterocycles. The van der Waals surface area contributed by atoms with Gasteiger partial charge < -0.3 is 14.8 Å². The number of carbonyl (C=O) groups excluding carboxylic acids is 1. The molecule has 5 nitrogen and oxygen atoms in total. The van der Waals surface area contributed by atoms with Crippen molar-refractivity contribution in [2.24, 2.45) is 5.92 Å². The fourth-order valence-corrected chi connectivity index (χ4v) is 3.47. The molecule has 2 aliphatic rings. The number of nitrogens with one attached hydrogen (secondary N) is 1. The Morgan fingerprint density at radius 2 is 2.12 bits per heavy atom. The van der Waals surface area contributed by atoms with Gasteiger partial charge in [-0.05, 0) is 24.1 Å². The highest BCUT2D eigenvalue weighted by atomic mass is 19.1. The molecule has 2 heterocycles. The zero-order valence-electron chi connectivity index (χ0n) is 13.9. The minimum absolute atomic E-state index is 0.0715. The number of amides is 1. The zero-order valence-corrected chi connectivity index (χ0v) is 13.9. The Hall–Kier alpha value is -1.50. The lowest BCUT2D eigenvalue weighted by Gasteiger charge is -2.37. The maximum atomic E-state index is 13.2. The van der Waals surface area contributed by atoms with E-state index in [1.54, 1.807) is 12.1 Å². The minimum Gasteiger partial charge on any atom is -0.381 e. The van der Waals surface area contributed by atoms with Gasteiger partial charge in [-0.2, -0.15) is 0 Å². The number of nitrogens with zero attached hydrogens (tertiary/aromatic N) is 1. The number of rotatable bonds is 6. The highest BCUT2D eigenvalue weighted by molar-refractivity contribution is 5.78. The van der Waals surface area contributed by atoms with E-state index in [2.05, 4.69) is 10.2 Å². The second-order valence-corrected chi connectivity index (χ2v) is 6.45. The summed E-state index contributed by atoms with van der Waals surface area (Å²) >= 11 is 0. The Bertz CT molecular complexity index is 543. The molecule has 2 atom stereocenters. The first-order valence-corrected chi connectivity index (χ1v) is 8.63. The monoisotopic (exact) mass is 336 g/mol. The lowest BCUT2D eigenvalue weighted by molar-refractivity contribution is -0.120. The van der Waals surface area contributed by atoms with Crippen molar-refractivity contribution in [3.63, 3.8) is 0 Å². The quantitative estimate of drug-likeness (QED) is 0.849.